The van der Waals surface area contributed by atoms with Crippen LogP contribution >= 0.6 is 22.6 Å². The van der Waals surface area contributed by atoms with E-state index in [2.05, 4.69) is 44.5 Å². The second-order valence-corrected chi connectivity index (χ2v) is 8.83. The van der Waals surface area contributed by atoms with Gasteiger partial charge in [0.1, 0.15) is 4.90 Å². The Kier molecular flexibility index (Phi) is 4.63. The maximum Gasteiger partial charge on any atom is 0.287 e. The van der Waals surface area contributed by atoms with Crippen molar-refractivity contribution in [2.45, 2.75) is 50.0 Å². The zero-order valence-corrected chi connectivity index (χ0v) is 15.4. The lowest BCUT2D eigenvalue weighted by atomic mass is 9.84. The first-order valence-corrected chi connectivity index (χ1v) is 10.2. The van der Waals surface area contributed by atoms with Crippen LogP contribution in [-0.4, -0.2) is 20.4 Å². The van der Waals surface area contributed by atoms with Crippen LogP contribution in [0.1, 0.15) is 39.0 Å². The number of nitrogens with zero attached hydrogens (tertiary/aromatic N) is 1. The SMILES string of the molecule is CC(NC1=NS(=O)(=O)c2cc(I)ccc2N1)C1CCCCC1. The number of hydrogen-bond acceptors (Lipinski definition) is 4. The van der Waals surface area contributed by atoms with Gasteiger partial charge < -0.3 is 10.6 Å². The van der Waals surface area contributed by atoms with E-state index in [1.54, 1.807) is 12.1 Å². The van der Waals surface area contributed by atoms with Gasteiger partial charge in [0.05, 0.1) is 5.69 Å². The quantitative estimate of drug-likeness (QED) is 0.703. The molecule has 1 saturated carbocycles. The molecule has 0 radical (unpaired) electrons. The van der Waals surface area contributed by atoms with Crippen LogP contribution in [0, 0.1) is 9.49 Å². The Balaban J connectivity index is 1.79. The fourth-order valence-corrected chi connectivity index (χ4v) is 4.98. The molecule has 0 aromatic heterocycles. The maximum atomic E-state index is 12.3. The summed E-state index contributed by atoms with van der Waals surface area (Å²) in [6, 6.07) is 5.53. The second-order valence-electron chi connectivity index (χ2n) is 6.01. The first kappa shape index (κ1) is 16.0. The lowest BCUT2D eigenvalue weighted by molar-refractivity contribution is 0.301. The van der Waals surface area contributed by atoms with Gasteiger partial charge in [0, 0.05) is 9.61 Å². The molecule has 0 amide bonds. The number of benzene rings is 1. The molecule has 22 heavy (non-hydrogen) atoms. The summed E-state index contributed by atoms with van der Waals surface area (Å²) in [7, 11) is -3.63. The molecule has 2 N–H and O–H groups in total. The van der Waals surface area contributed by atoms with E-state index in [0.29, 0.717) is 17.6 Å². The van der Waals surface area contributed by atoms with Crippen molar-refractivity contribution in [2.75, 3.05) is 5.32 Å². The van der Waals surface area contributed by atoms with E-state index in [1.165, 1.54) is 32.1 Å². The summed E-state index contributed by atoms with van der Waals surface area (Å²) >= 11 is 2.10. The molecule has 1 fully saturated rings. The summed E-state index contributed by atoms with van der Waals surface area (Å²) in [6.07, 6.45) is 6.22. The van der Waals surface area contributed by atoms with Gasteiger partial charge in [-0.3, -0.25) is 0 Å². The summed E-state index contributed by atoms with van der Waals surface area (Å²) < 4.78 is 29.4. The van der Waals surface area contributed by atoms with Crippen LogP contribution in [0.4, 0.5) is 5.69 Å². The van der Waals surface area contributed by atoms with Crippen LogP contribution in [0.15, 0.2) is 27.5 Å². The van der Waals surface area contributed by atoms with Crippen molar-refractivity contribution in [3.05, 3.63) is 21.8 Å². The topological polar surface area (TPSA) is 70.6 Å². The van der Waals surface area contributed by atoms with E-state index < -0.39 is 10.0 Å². The van der Waals surface area contributed by atoms with Gasteiger partial charge in [0.2, 0.25) is 5.96 Å². The van der Waals surface area contributed by atoms with Crippen molar-refractivity contribution in [2.24, 2.45) is 10.3 Å². The van der Waals surface area contributed by atoms with Gasteiger partial charge in [-0.05, 0) is 66.5 Å². The lowest BCUT2D eigenvalue weighted by Gasteiger charge is -2.30. The molecule has 1 aromatic carbocycles. The lowest BCUT2D eigenvalue weighted by Crippen LogP contribution is -2.43. The standard InChI is InChI=1S/C15H20IN3O2S/c1-10(11-5-3-2-4-6-11)17-15-18-13-8-7-12(16)9-14(13)22(20,21)19-15/h7-11H,2-6H2,1H3,(H2,17,18,19). The Morgan fingerprint density at radius 1 is 1.32 bits per heavy atom. The molecule has 7 heteroatoms. The third kappa shape index (κ3) is 3.40. The number of rotatable bonds is 2. The molecule has 5 nitrogen and oxygen atoms in total. The van der Waals surface area contributed by atoms with Crippen molar-refractivity contribution in [1.82, 2.24) is 5.32 Å². The first-order chi connectivity index (χ1) is 10.5. The molecule has 2 aliphatic rings. The Morgan fingerprint density at radius 3 is 2.77 bits per heavy atom. The van der Waals surface area contributed by atoms with E-state index in [4.69, 9.17) is 0 Å². The third-order valence-electron chi connectivity index (χ3n) is 4.41. The summed E-state index contributed by atoms with van der Waals surface area (Å²) in [5.41, 5.74) is 0.591. The average Bonchev–Trinajstić information content (AvgIpc) is 2.48. The van der Waals surface area contributed by atoms with Crippen molar-refractivity contribution in [3.63, 3.8) is 0 Å². The van der Waals surface area contributed by atoms with Gasteiger partial charge in [-0.25, -0.2) is 0 Å². The minimum atomic E-state index is -3.63. The second kappa shape index (κ2) is 6.35. The summed E-state index contributed by atoms with van der Waals surface area (Å²) in [4.78, 5) is 0.246. The Morgan fingerprint density at radius 2 is 2.05 bits per heavy atom. The number of nitrogens with one attached hydrogen (secondary N) is 2. The number of sulfonamides is 1. The molecule has 0 spiro atoms. The predicted molar refractivity (Wildman–Crippen MR) is 96.6 cm³/mol. The molecule has 1 heterocycles. The van der Waals surface area contributed by atoms with E-state index in [0.717, 1.165) is 3.57 Å². The molecule has 1 unspecified atom stereocenters. The number of fused-ring (bicyclic) bond motifs is 1. The largest absolute Gasteiger partial charge is 0.352 e. The molecule has 1 atom stereocenters. The van der Waals surface area contributed by atoms with Gasteiger partial charge >= 0.3 is 0 Å². The van der Waals surface area contributed by atoms with Crippen LogP contribution in [-0.2, 0) is 10.0 Å². The van der Waals surface area contributed by atoms with E-state index in [9.17, 15) is 8.42 Å². The van der Waals surface area contributed by atoms with Crippen LogP contribution in [0.2, 0.25) is 0 Å². The summed E-state index contributed by atoms with van der Waals surface area (Å²) in [5.74, 6) is 0.922. The van der Waals surface area contributed by atoms with E-state index >= 15 is 0 Å². The smallest absolute Gasteiger partial charge is 0.287 e. The normalized spacial score (nSPS) is 22.2. The zero-order valence-electron chi connectivity index (χ0n) is 12.5. The monoisotopic (exact) mass is 433 g/mol. The zero-order chi connectivity index (χ0) is 15.7. The highest BCUT2D eigenvalue weighted by molar-refractivity contribution is 14.1. The number of hydrogen-bond donors (Lipinski definition) is 2. The highest BCUT2D eigenvalue weighted by Crippen LogP contribution is 2.29. The molecule has 0 bridgehead atoms. The third-order valence-corrected chi connectivity index (χ3v) is 6.39. The van der Waals surface area contributed by atoms with Gasteiger partial charge in [-0.2, -0.15) is 8.42 Å². The molecule has 1 aromatic rings. The van der Waals surface area contributed by atoms with Crippen LogP contribution in [0.3, 0.4) is 0 Å². The fourth-order valence-electron chi connectivity index (χ4n) is 3.16. The van der Waals surface area contributed by atoms with E-state index in [-0.39, 0.29) is 10.9 Å². The van der Waals surface area contributed by atoms with Crippen molar-refractivity contribution in [3.8, 4) is 0 Å². The van der Waals surface area contributed by atoms with Crippen LogP contribution in [0.5, 0.6) is 0 Å². The number of guanidine groups is 1. The van der Waals surface area contributed by atoms with Gasteiger partial charge in [-0.1, -0.05) is 19.3 Å². The van der Waals surface area contributed by atoms with Crippen molar-refractivity contribution in [1.29, 1.82) is 0 Å². The number of halogens is 1. The first-order valence-electron chi connectivity index (χ1n) is 7.64. The van der Waals surface area contributed by atoms with E-state index in [1.807, 2.05) is 6.07 Å². The molecular formula is C15H20IN3O2S. The molecule has 1 aliphatic carbocycles. The minimum absolute atomic E-state index is 0.215. The minimum Gasteiger partial charge on any atom is -0.352 e. The predicted octanol–water partition coefficient (Wildman–Crippen LogP) is 3.32. The maximum absolute atomic E-state index is 12.3. The average molecular weight is 433 g/mol. The van der Waals surface area contributed by atoms with Crippen molar-refractivity contribution >= 4 is 44.3 Å². The molecule has 3 rings (SSSR count). The highest BCUT2D eigenvalue weighted by atomic mass is 127. The van der Waals surface area contributed by atoms with Crippen LogP contribution in [0.25, 0.3) is 0 Å². The van der Waals surface area contributed by atoms with Gasteiger partial charge in [-0.15, -0.1) is 4.40 Å². The molecule has 1 aliphatic heterocycles. The van der Waals surface area contributed by atoms with Gasteiger partial charge in [0.15, 0.2) is 0 Å². The molecular weight excluding hydrogens is 413 g/mol. The molecule has 0 saturated heterocycles. The fraction of sp³-hybridized carbons (Fsp3) is 0.533. The summed E-state index contributed by atoms with van der Waals surface area (Å²) in [6.45, 7) is 2.11. The summed E-state index contributed by atoms with van der Waals surface area (Å²) in [5, 5.41) is 6.36. The van der Waals surface area contributed by atoms with Crippen LogP contribution < -0.4 is 10.6 Å². The Labute approximate surface area is 145 Å². The highest BCUT2D eigenvalue weighted by Gasteiger charge is 2.27. The van der Waals surface area contributed by atoms with Crippen molar-refractivity contribution < 1.29 is 8.42 Å². The Hall–Kier alpha value is -0.830. The van der Waals surface area contributed by atoms with Gasteiger partial charge in [0.25, 0.3) is 10.0 Å². The Bertz CT molecular complexity index is 697. The number of anilines is 1. The molecule has 120 valence electrons.